The summed E-state index contributed by atoms with van der Waals surface area (Å²) in [5, 5.41) is 14.1. The third-order valence-electron chi connectivity index (χ3n) is 7.36. The van der Waals surface area contributed by atoms with E-state index >= 15 is 0 Å². The molecule has 4 aromatic rings. The molecule has 1 aliphatic heterocycles. The summed E-state index contributed by atoms with van der Waals surface area (Å²) < 4.78 is 18.8. The lowest BCUT2D eigenvalue weighted by molar-refractivity contribution is -0.189. The molecular formula is C37H35FN2O4S. The highest BCUT2D eigenvalue weighted by Crippen LogP contribution is 2.41. The van der Waals surface area contributed by atoms with Gasteiger partial charge in [0, 0.05) is 5.56 Å². The molecule has 3 atom stereocenters. The van der Waals surface area contributed by atoms with Gasteiger partial charge in [-0.1, -0.05) is 103 Å². The van der Waals surface area contributed by atoms with Crippen molar-refractivity contribution in [2.45, 2.75) is 49.6 Å². The number of nitrogens with zero attached hydrogens (tertiary/aromatic N) is 1. The van der Waals surface area contributed by atoms with Gasteiger partial charge in [0.25, 0.3) is 0 Å². The van der Waals surface area contributed by atoms with Gasteiger partial charge >= 0.3 is 5.97 Å². The van der Waals surface area contributed by atoms with Gasteiger partial charge in [-0.15, -0.1) is 11.8 Å². The van der Waals surface area contributed by atoms with Gasteiger partial charge in [-0.2, -0.15) is 0 Å². The number of likely N-dealkylation sites (tertiary alicyclic amines) is 1. The number of carbonyl (C=O) groups is 2. The van der Waals surface area contributed by atoms with Crippen molar-refractivity contribution in [2.75, 3.05) is 5.75 Å². The van der Waals surface area contributed by atoms with E-state index in [0.29, 0.717) is 5.56 Å². The summed E-state index contributed by atoms with van der Waals surface area (Å²) in [5.41, 5.74) is 1.60. The minimum absolute atomic E-state index is 0.278. The molecule has 0 aliphatic carbocycles. The number of thioether (sulfide) groups is 1. The molecule has 2 N–H and O–H groups in total. The average Bonchev–Trinajstić information content (AvgIpc) is 3.04. The van der Waals surface area contributed by atoms with Crippen LogP contribution in [-0.2, 0) is 19.9 Å². The number of β-lactam (4-membered cyclic amide) rings is 1. The molecule has 0 radical (unpaired) electrons. The van der Waals surface area contributed by atoms with Crippen LogP contribution in [0.2, 0.25) is 0 Å². The van der Waals surface area contributed by atoms with E-state index in [1.165, 1.54) is 23.9 Å². The van der Waals surface area contributed by atoms with Crippen LogP contribution in [0.3, 0.4) is 0 Å². The number of amides is 1. The Balaban J connectivity index is 1.53. The fourth-order valence-electron chi connectivity index (χ4n) is 5.37. The Bertz CT molecular complexity index is 1570. The molecule has 0 aromatic heterocycles. The zero-order valence-electron chi connectivity index (χ0n) is 25.3. The summed E-state index contributed by atoms with van der Waals surface area (Å²) in [4.78, 5) is 28.0. The van der Waals surface area contributed by atoms with E-state index in [1.807, 2.05) is 91.0 Å². The first-order chi connectivity index (χ1) is 21.6. The summed E-state index contributed by atoms with van der Waals surface area (Å²) in [6.07, 6.45) is -1.79. The average molecular weight is 623 g/mol. The van der Waals surface area contributed by atoms with Crippen molar-refractivity contribution >= 4 is 23.6 Å². The van der Waals surface area contributed by atoms with E-state index in [1.54, 1.807) is 32.9 Å². The van der Waals surface area contributed by atoms with Crippen molar-refractivity contribution in [2.24, 2.45) is 0 Å². The topological polar surface area (TPSA) is 78.9 Å². The van der Waals surface area contributed by atoms with Crippen molar-refractivity contribution in [1.82, 2.24) is 10.2 Å². The van der Waals surface area contributed by atoms with Crippen LogP contribution in [0.4, 0.5) is 4.39 Å². The maximum Gasteiger partial charge on any atom is 0.357 e. The van der Waals surface area contributed by atoms with E-state index in [-0.39, 0.29) is 11.6 Å². The molecule has 1 fully saturated rings. The number of rotatable bonds is 9. The van der Waals surface area contributed by atoms with Crippen LogP contribution in [0.25, 0.3) is 0 Å². The van der Waals surface area contributed by atoms with Gasteiger partial charge in [-0.05, 0) is 61.7 Å². The first-order valence-corrected chi connectivity index (χ1v) is 15.7. The van der Waals surface area contributed by atoms with E-state index in [4.69, 9.17) is 4.74 Å². The standard InChI is InChI=1S/C37H35FN2O4S/c1-36(2,3)44-35(43)33(42)40-32(41)31(34(40)45-25-13-14-26-21-23-30(38)24-22-26)39-37(27-15-7-4-8-16-27,28-17-9-5-10-18-28)29-19-11-6-12-20-29/h4-12,15-24,31,33-34,39,42H,25H2,1-3H3. The molecule has 1 aliphatic rings. The molecule has 0 saturated carbocycles. The second-order valence-electron chi connectivity index (χ2n) is 11.6. The minimum Gasteiger partial charge on any atom is -0.457 e. The number of nitrogens with one attached hydrogen (secondary N) is 1. The molecule has 1 heterocycles. The number of hydrogen-bond donors (Lipinski definition) is 2. The number of halogens is 1. The predicted molar refractivity (Wildman–Crippen MR) is 174 cm³/mol. The van der Waals surface area contributed by atoms with Crippen LogP contribution >= 0.6 is 11.8 Å². The van der Waals surface area contributed by atoms with Crippen LogP contribution in [0.1, 0.15) is 43.0 Å². The Labute approximate surface area is 267 Å². The van der Waals surface area contributed by atoms with Gasteiger partial charge in [0.1, 0.15) is 22.8 Å². The normalized spacial score (nSPS) is 17.1. The van der Waals surface area contributed by atoms with Gasteiger partial charge < -0.3 is 9.84 Å². The summed E-state index contributed by atoms with van der Waals surface area (Å²) in [7, 11) is 0. The summed E-state index contributed by atoms with van der Waals surface area (Å²) in [6, 6.07) is 34.7. The smallest absolute Gasteiger partial charge is 0.357 e. The number of ether oxygens (including phenoxy) is 1. The zero-order valence-corrected chi connectivity index (χ0v) is 26.1. The van der Waals surface area contributed by atoms with Crippen LogP contribution in [0.15, 0.2) is 115 Å². The number of benzene rings is 4. The maximum absolute atomic E-state index is 14.0. The lowest BCUT2D eigenvalue weighted by atomic mass is 9.76. The fraction of sp³-hybridized carbons (Fsp3) is 0.243. The number of esters is 1. The van der Waals surface area contributed by atoms with Gasteiger partial charge in [0.05, 0.1) is 11.3 Å². The van der Waals surface area contributed by atoms with E-state index in [0.717, 1.165) is 21.6 Å². The Hall–Kier alpha value is -4.42. The molecule has 1 amide bonds. The van der Waals surface area contributed by atoms with E-state index in [9.17, 15) is 19.1 Å². The van der Waals surface area contributed by atoms with Crippen LogP contribution in [-0.4, -0.2) is 50.9 Å². The molecule has 45 heavy (non-hydrogen) atoms. The first kappa shape index (κ1) is 32.0. The molecule has 0 spiro atoms. The second-order valence-corrected chi connectivity index (χ2v) is 12.7. The molecule has 230 valence electrons. The highest BCUT2D eigenvalue weighted by Gasteiger charge is 2.56. The second kappa shape index (κ2) is 13.7. The number of aliphatic hydroxyl groups excluding tert-OH is 1. The number of carbonyl (C=O) groups excluding carboxylic acids is 2. The Morgan fingerprint density at radius 3 is 1.84 bits per heavy atom. The van der Waals surface area contributed by atoms with E-state index in [2.05, 4.69) is 17.2 Å². The van der Waals surface area contributed by atoms with E-state index < -0.39 is 40.7 Å². The van der Waals surface area contributed by atoms with Crippen LogP contribution in [0.5, 0.6) is 0 Å². The molecule has 8 heteroatoms. The van der Waals surface area contributed by atoms with Crippen molar-refractivity contribution in [3.8, 4) is 11.8 Å². The summed E-state index contributed by atoms with van der Waals surface area (Å²) in [6.45, 7) is 5.10. The van der Waals surface area contributed by atoms with Crippen molar-refractivity contribution in [3.63, 3.8) is 0 Å². The van der Waals surface area contributed by atoms with Crippen LogP contribution in [0, 0.1) is 17.7 Å². The Kier molecular flexibility index (Phi) is 9.74. The van der Waals surface area contributed by atoms with Gasteiger partial charge in [-0.3, -0.25) is 15.0 Å². The minimum atomic E-state index is -1.79. The van der Waals surface area contributed by atoms with Crippen molar-refractivity contribution in [1.29, 1.82) is 0 Å². The highest BCUT2D eigenvalue weighted by atomic mass is 32.2. The first-order valence-electron chi connectivity index (χ1n) is 14.6. The summed E-state index contributed by atoms with van der Waals surface area (Å²) >= 11 is 1.32. The molecule has 4 aromatic carbocycles. The lowest BCUT2D eigenvalue weighted by Gasteiger charge is -2.52. The summed E-state index contributed by atoms with van der Waals surface area (Å²) in [5.74, 6) is 4.66. The molecule has 6 nitrogen and oxygen atoms in total. The van der Waals surface area contributed by atoms with Gasteiger partial charge in [-0.25, -0.2) is 9.18 Å². The molecular weight excluding hydrogens is 587 g/mol. The van der Waals surface area contributed by atoms with Gasteiger partial charge in [0.15, 0.2) is 0 Å². The predicted octanol–water partition coefficient (Wildman–Crippen LogP) is 5.69. The Morgan fingerprint density at radius 1 is 0.889 bits per heavy atom. The number of hydrogen-bond acceptors (Lipinski definition) is 6. The quantitative estimate of drug-likeness (QED) is 0.108. The molecule has 0 bridgehead atoms. The lowest BCUT2D eigenvalue weighted by Crippen LogP contribution is -2.75. The largest absolute Gasteiger partial charge is 0.457 e. The maximum atomic E-state index is 14.0. The highest BCUT2D eigenvalue weighted by molar-refractivity contribution is 8.00. The van der Waals surface area contributed by atoms with Crippen LogP contribution < -0.4 is 5.32 Å². The Morgan fingerprint density at radius 2 is 1.38 bits per heavy atom. The molecule has 3 unspecified atom stereocenters. The third-order valence-corrected chi connectivity index (χ3v) is 8.51. The molecule has 5 rings (SSSR count). The van der Waals surface area contributed by atoms with Crippen molar-refractivity contribution < 1.29 is 23.8 Å². The SMILES string of the molecule is CC(C)(C)OC(=O)C(O)N1C(=O)C(NC(c2ccccc2)(c2ccccc2)c2ccccc2)C1SCC#Cc1ccc(F)cc1. The zero-order chi connectivity index (χ0) is 32.0. The van der Waals surface area contributed by atoms with Gasteiger partial charge in [0.2, 0.25) is 12.1 Å². The third kappa shape index (κ3) is 7.12. The number of aliphatic hydroxyl groups is 1. The molecule has 1 saturated heterocycles. The monoisotopic (exact) mass is 622 g/mol. The van der Waals surface area contributed by atoms with Crippen molar-refractivity contribution in [3.05, 3.63) is 143 Å². The fourth-order valence-corrected chi connectivity index (χ4v) is 6.45.